The van der Waals surface area contributed by atoms with Crippen molar-refractivity contribution < 1.29 is 4.79 Å². The van der Waals surface area contributed by atoms with E-state index in [1.54, 1.807) is 0 Å². The van der Waals surface area contributed by atoms with Gasteiger partial charge in [-0.15, -0.1) is 0 Å². The van der Waals surface area contributed by atoms with Crippen LogP contribution < -0.4 is 11.1 Å². The molecule has 108 valence electrons. The summed E-state index contributed by atoms with van der Waals surface area (Å²) in [7, 11) is 0. The van der Waals surface area contributed by atoms with E-state index < -0.39 is 5.54 Å². The molecule has 0 atom stereocenters. The minimum absolute atomic E-state index is 0.00273. The largest absolute Gasteiger partial charge is 0.391 e. The number of nitrogens with one attached hydrogen (secondary N) is 1. The molecule has 1 aromatic rings. The van der Waals surface area contributed by atoms with Gasteiger partial charge in [-0.1, -0.05) is 43.3 Å². The number of aryl methyl sites for hydroxylation is 2. The molecule has 1 aliphatic carbocycles. The molecule has 3 nitrogen and oxygen atoms in total. The Labute approximate surface area is 125 Å². The lowest BCUT2D eigenvalue weighted by Crippen LogP contribution is -2.55. The number of hydrogen-bond acceptors (Lipinski definition) is 2. The first kappa shape index (κ1) is 15.0. The second-order valence-corrected chi connectivity index (χ2v) is 6.24. The molecule has 1 aliphatic rings. The summed E-state index contributed by atoms with van der Waals surface area (Å²) in [6.45, 7) is 4.13. The summed E-state index contributed by atoms with van der Waals surface area (Å²) in [4.78, 5) is 12.7. The maximum atomic E-state index is 12.2. The van der Waals surface area contributed by atoms with Crippen molar-refractivity contribution in [1.82, 2.24) is 5.32 Å². The zero-order valence-corrected chi connectivity index (χ0v) is 13.0. The van der Waals surface area contributed by atoms with Crippen molar-refractivity contribution in [1.29, 1.82) is 0 Å². The lowest BCUT2D eigenvalue weighted by molar-refractivity contribution is -0.121. The van der Waals surface area contributed by atoms with Gasteiger partial charge in [-0.2, -0.15) is 0 Å². The van der Waals surface area contributed by atoms with Crippen LogP contribution in [0.25, 0.3) is 0 Å². The summed E-state index contributed by atoms with van der Waals surface area (Å²) in [5, 5.41) is 3.07. The van der Waals surface area contributed by atoms with Crippen LogP contribution in [-0.4, -0.2) is 16.4 Å². The Balaban J connectivity index is 2.04. The highest BCUT2D eigenvalue weighted by Crippen LogP contribution is 2.30. The number of carbonyl (C=O) groups excluding carboxylic acids is 1. The molecule has 1 amide bonds. The Hall–Kier alpha value is -1.42. The van der Waals surface area contributed by atoms with Gasteiger partial charge in [0.25, 0.3) is 0 Å². The molecule has 1 aromatic carbocycles. The molecule has 1 saturated carbocycles. The zero-order chi connectivity index (χ0) is 14.8. The Morgan fingerprint density at radius 3 is 2.50 bits per heavy atom. The number of thiocarbonyl (C=S) groups is 1. The number of rotatable bonds is 4. The Morgan fingerprint density at radius 1 is 1.30 bits per heavy atom. The molecular formula is C16H22N2OS. The minimum atomic E-state index is -0.452. The second kappa shape index (κ2) is 5.92. The fourth-order valence-electron chi connectivity index (χ4n) is 2.82. The smallest absolute Gasteiger partial charge is 0.225 e. The van der Waals surface area contributed by atoms with Gasteiger partial charge in [0.05, 0.1) is 16.9 Å². The van der Waals surface area contributed by atoms with E-state index in [9.17, 15) is 4.79 Å². The lowest BCUT2D eigenvalue weighted by Gasteiger charge is -2.29. The molecule has 0 spiro atoms. The predicted molar refractivity (Wildman–Crippen MR) is 85.7 cm³/mol. The lowest BCUT2D eigenvalue weighted by atomic mass is 9.96. The van der Waals surface area contributed by atoms with Crippen molar-refractivity contribution >= 4 is 23.1 Å². The molecule has 0 saturated heterocycles. The maximum Gasteiger partial charge on any atom is 0.225 e. The number of nitrogens with two attached hydrogens (primary N) is 1. The topological polar surface area (TPSA) is 55.1 Å². The van der Waals surface area contributed by atoms with Crippen molar-refractivity contribution in [3.63, 3.8) is 0 Å². The van der Waals surface area contributed by atoms with E-state index in [1.165, 1.54) is 11.1 Å². The van der Waals surface area contributed by atoms with Crippen LogP contribution in [0.5, 0.6) is 0 Å². The monoisotopic (exact) mass is 290 g/mol. The van der Waals surface area contributed by atoms with Gasteiger partial charge in [0.15, 0.2) is 0 Å². The van der Waals surface area contributed by atoms with Crippen molar-refractivity contribution in [3.8, 4) is 0 Å². The quantitative estimate of drug-likeness (QED) is 0.838. The molecule has 3 N–H and O–H groups in total. The molecular weight excluding hydrogens is 268 g/mol. The molecule has 0 heterocycles. The summed E-state index contributed by atoms with van der Waals surface area (Å²) in [5.41, 5.74) is 8.86. The first-order valence-electron chi connectivity index (χ1n) is 7.10. The third kappa shape index (κ3) is 3.18. The van der Waals surface area contributed by atoms with Crippen molar-refractivity contribution in [2.45, 2.75) is 51.5 Å². The highest BCUT2D eigenvalue weighted by molar-refractivity contribution is 7.80. The number of hydrogen-bond donors (Lipinski definition) is 2. The van der Waals surface area contributed by atoms with Crippen LogP contribution in [-0.2, 0) is 11.2 Å². The first-order valence-corrected chi connectivity index (χ1v) is 7.51. The molecule has 0 aromatic heterocycles. The van der Waals surface area contributed by atoms with Crippen LogP contribution in [0.3, 0.4) is 0 Å². The fraction of sp³-hybridized carbons (Fsp3) is 0.500. The molecule has 2 rings (SSSR count). The molecule has 0 unspecified atom stereocenters. The maximum absolute atomic E-state index is 12.2. The average Bonchev–Trinajstić information content (AvgIpc) is 2.83. The van der Waals surface area contributed by atoms with Gasteiger partial charge in [0.1, 0.15) is 0 Å². The average molecular weight is 290 g/mol. The van der Waals surface area contributed by atoms with Gasteiger partial charge in [0.2, 0.25) is 5.91 Å². The van der Waals surface area contributed by atoms with Crippen LogP contribution in [0.1, 0.15) is 42.4 Å². The number of benzene rings is 1. The van der Waals surface area contributed by atoms with Gasteiger partial charge in [-0.25, -0.2) is 0 Å². The van der Waals surface area contributed by atoms with Crippen LogP contribution in [0, 0.1) is 13.8 Å². The molecule has 4 heteroatoms. The Bertz CT molecular complexity index is 533. The summed E-state index contributed by atoms with van der Waals surface area (Å²) in [5.74, 6) is 0.00273. The fourth-order valence-corrected chi connectivity index (χ4v) is 3.08. The normalized spacial score (nSPS) is 16.9. The van der Waals surface area contributed by atoms with E-state index in [4.69, 9.17) is 18.0 Å². The Morgan fingerprint density at radius 2 is 1.95 bits per heavy atom. The highest BCUT2D eigenvalue weighted by Gasteiger charge is 2.37. The Kier molecular flexibility index (Phi) is 4.43. The van der Waals surface area contributed by atoms with E-state index >= 15 is 0 Å². The third-order valence-corrected chi connectivity index (χ3v) is 4.63. The third-order valence-electron chi connectivity index (χ3n) is 4.24. The molecule has 0 aliphatic heterocycles. The van der Waals surface area contributed by atoms with Gasteiger partial charge in [0, 0.05) is 0 Å². The van der Waals surface area contributed by atoms with Gasteiger partial charge >= 0.3 is 0 Å². The molecule has 0 radical (unpaired) electrons. The second-order valence-electron chi connectivity index (χ2n) is 5.80. The first-order chi connectivity index (χ1) is 9.43. The summed E-state index contributed by atoms with van der Waals surface area (Å²) in [6.07, 6.45) is 4.25. The van der Waals surface area contributed by atoms with Crippen LogP contribution in [0.4, 0.5) is 0 Å². The summed E-state index contributed by atoms with van der Waals surface area (Å²) in [6, 6.07) is 6.12. The summed E-state index contributed by atoms with van der Waals surface area (Å²) >= 11 is 5.15. The van der Waals surface area contributed by atoms with E-state index in [0.717, 1.165) is 31.2 Å². The highest BCUT2D eigenvalue weighted by atomic mass is 32.1. The summed E-state index contributed by atoms with van der Waals surface area (Å²) < 4.78 is 0. The van der Waals surface area contributed by atoms with Crippen LogP contribution in [0.15, 0.2) is 18.2 Å². The molecule has 0 bridgehead atoms. The number of carbonyl (C=O) groups is 1. The SMILES string of the molecule is Cc1ccc(CC(=O)NC2(C(N)=S)CCCC2)cc1C. The van der Waals surface area contributed by atoms with E-state index in [-0.39, 0.29) is 5.91 Å². The van der Waals surface area contributed by atoms with Crippen LogP contribution >= 0.6 is 12.2 Å². The van der Waals surface area contributed by atoms with Gasteiger partial charge in [-0.05, 0) is 43.4 Å². The van der Waals surface area contributed by atoms with E-state index in [1.807, 2.05) is 6.07 Å². The van der Waals surface area contributed by atoms with E-state index in [2.05, 4.69) is 31.3 Å². The number of amides is 1. The minimum Gasteiger partial charge on any atom is -0.391 e. The van der Waals surface area contributed by atoms with Crippen molar-refractivity contribution in [2.24, 2.45) is 5.73 Å². The van der Waals surface area contributed by atoms with Gasteiger partial charge in [-0.3, -0.25) is 4.79 Å². The van der Waals surface area contributed by atoms with Crippen LogP contribution in [0.2, 0.25) is 0 Å². The standard InChI is InChI=1S/C16H22N2OS/c1-11-5-6-13(9-12(11)2)10-14(19)18-16(15(17)20)7-3-4-8-16/h5-6,9H,3-4,7-8,10H2,1-2H3,(H2,17,20)(H,18,19). The van der Waals surface area contributed by atoms with Gasteiger partial charge < -0.3 is 11.1 Å². The predicted octanol–water partition coefficient (Wildman–Crippen LogP) is 2.56. The molecule has 20 heavy (non-hydrogen) atoms. The van der Waals surface area contributed by atoms with E-state index in [0.29, 0.717) is 11.4 Å². The van der Waals surface area contributed by atoms with Crippen molar-refractivity contribution in [2.75, 3.05) is 0 Å². The van der Waals surface area contributed by atoms with Crippen molar-refractivity contribution in [3.05, 3.63) is 34.9 Å². The molecule has 1 fully saturated rings. The zero-order valence-electron chi connectivity index (χ0n) is 12.2.